The molecule has 0 saturated heterocycles. The number of pyridine rings is 1. The minimum Gasteiger partial charge on any atom is -0.493 e. The number of hydrogen-bond acceptors (Lipinski definition) is 4. The summed E-state index contributed by atoms with van der Waals surface area (Å²) in [5, 5.41) is 9.80. The summed E-state index contributed by atoms with van der Waals surface area (Å²) >= 11 is 0. The Labute approximate surface area is 105 Å². The summed E-state index contributed by atoms with van der Waals surface area (Å²) in [4.78, 5) is 22.7. The van der Waals surface area contributed by atoms with Crippen LogP contribution in [-0.2, 0) is 6.42 Å². The molecule has 0 bridgehead atoms. The van der Waals surface area contributed by atoms with E-state index < -0.39 is 0 Å². The summed E-state index contributed by atoms with van der Waals surface area (Å²) in [6.45, 7) is 3.81. The molecule has 0 amide bonds. The lowest BCUT2D eigenvalue weighted by Crippen LogP contribution is -2.15. The monoisotopic (exact) mass is 245 g/mol. The summed E-state index contributed by atoms with van der Waals surface area (Å²) < 4.78 is 0. The van der Waals surface area contributed by atoms with E-state index in [2.05, 4.69) is 15.0 Å². The van der Waals surface area contributed by atoms with Crippen molar-refractivity contribution in [3.8, 4) is 17.4 Å². The summed E-state index contributed by atoms with van der Waals surface area (Å²) in [5.74, 6) is 0.0936. The zero-order valence-electron chi connectivity index (χ0n) is 10.4. The van der Waals surface area contributed by atoms with Crippen molar-refractivity contribution in [2.75, 3.05) is 0 Å². The summed E-state index contributed by atoms with van der Waals surface area (Å²) in [6.07, 6.45) is 2.91. The van der Waals surface area contributed by atoms with Crippen molar-refractivity contribution in [1.29, 1.82) is 0 Å². The molecule has 2 heterocycles. The SMILES string of the molecule is CCCc1c(O)nc(-c2ncccc2C)[nH]c1=O. The molecule has 0 aromatic carbocycles. The van der Waals surface area contributed by atoms with Crippen LogP contribution in [0.25, 0.3) is 11.5 Å². The van der Waals surface area contributed by atoms with Gasteiger partial charge in [-0.25, -0.2) is 0 Å². The molecule has 0 unspecified atom stereocenters. The van der Waals surface area contributed by atoms with Gasteiger partial charge in [-0.15, -0.1) is 0 Å². The van der Waals surface area contributed by atoms with E-state index in [-0.39, 0.29) is 11.4 Å². The van der Waals surface area contributed by atoms with Crippen LogP contribution in [0.2, 0.25) is 0 Å². The van der Waals surface area contributed by atoms with Gasteiger partial charge < -0.3 is 10.1 Å². The second kappa shape index (κ2) is 5.00. The molecular formula is C13H15N3O2. The molecule has 0 aliphatic heterocycles. The van der Waals surface area contributed by atoms with Crippen molar-refractivity contribution in [1.82, 2.24) is 15.0 Å². The average Bonchev–Trinajstić information content (AvgIpc) is 2.34. The van der Waals surface area contributed by atoms with Crippen molar-refractivity contribution in [2.24, 2.45) is 0 Å². The van der Waals surface area contributed by atoms with E-state index in [0.29, 0.717) is 23.5 Å². The Morgan fingerprint density at radius 1 is 1.44 bits per heavy atom. The topological polar surface area (TPSA) is 78.9 Å². The lowest BCUT2D eigenvalue weighted by Gasteiger charge is -2.06. The maximum Gasteiger partial charge on any atom is 0.258 e. The molecule has 2 aromatic heterocycles. The Hall–Kier alpha value is -2.17. The quantitative estimate of drug-likeness (QED) is 0.864. The number of H-pyrrole nitrogens is 1. The lowest BCUT2D eigenvalue weighted by molar-refractivity contribution is 0.443. The van der Waals surface area contributed by atoms with Crippen LogP contribution in [-0.4, -0.2) is 20.1 Å². The number of aryl methyl sites for hydroxylation is 1. The maximum atomic E-state index is 11.9. The number of hydrogen-bond donors (Lipinski definition) is 2. The third-order valence-corrected chi connectivity index (χ3v) is 2.73. The molecule has 5 nitrogen and oxygen atoms in total. The van der Waals surface area contributed by atoms with Crippen molar-refractivity contribution in [3.63, 3.8) is 0 Å². The summed E-state index contributed by atoms with van der Waals surface area (Å²) in [6, 6.07) is 3.68. The zero-order chi connectivity index (χ0) is 13.1. The summed E-state index contributed by atoms with van der Waals surface area (Å²) in [5.41, 5.74) is 1.50. The van der Waals surface area contributed by atoms with Crippen LogP contribution < -0.4 is 5.56 Å². The molecular weight excluding hydrogens is 230 g/mol. The van der Waals surface area contributed by atoms with Gasteiger partial charge in [-0.2, -0.15) is 4.98 Å². The number of nitrogens with one attached hydrogen (secondary N) is 1. The highest BCUT2D eigenvalue weighted by molar-refractivity contribution is 5.54. The first-order valence-electron chi connectivity index (χ1n) is 5.87. The molecule has 2 aromatic rings. The van der Waals surface area contributed by atoms with Crippen molar-refractivity contribution in [3.05, 3.63) is 39.8 Å². The molecule has 0 atom stereocenters. The first-order chi connectivity index (χ1) is 8.63. The highest BCUT2D eigenvalue weighted by Crippen LogP contribution is 2.19. The molecule has 0 aliphatic carbocycles. The van der Waals surface area contributed by atoms with E-state index in [1.54, 1.807) is 6.20 Å². The average molecular weight is 245 g/mol. The van der Waals surface area contributed by atoms with Crippen LogP contribution in [0, 0.1) is 6.92 Å². The number of rotatable bonds is 3. The molecule has 0 saturated carbocycles. The largest absolute Gasteiger partial charge is 0.493 e. The van der Waals surface area contributed by atoms with E-state index in [0.717, 1.165) is 12.0 Å². The van der Waals surface area contributed by atoms with E-state index in [1.165, 1.54) is 0 Å². The highest BCUT2D eigenvalue weighted by Gasteiger charge is 2.12. The van der Waals surface area contributed by atoms with Gasteiger partial charge in [0.15, 0.2) is 5.82 Å². The Morgan fingerprint density at radius 3 is 2.83 bits per heavy atom. The van der Waals surface area contributed by atoms with Crippen LogP contribution in [0.15, 0.2) is 23.1 Å². The fraction of sp³-hybridized carbons (Fsp3) is 0.308. The second-order valence-electron chi connectivity index (χ2n) is 4.14. The summed E-state index contributed by atoms with van der Waals surface area (Å²) in [7, 11) is 0. The molecule has 94 valence electrons. The van der Waals surface area contributed by atoms with Crippen LogP contribution in [0.3, 0.4) is 0 Å². The zero-order valence-corrected chi connectivity index (χ0v) is 10.4. The van der Waals surface area contributed by atoms with E-state index in [9.17, 15) is 9.90 Å². The minimum absolute atomic E-state index is 0.208. The first-order valence-corrected chi connectivity index (χ1v) is 5.87. The van der Waals surface area contributed by atoms with Gasteiger partial charge in [0.1, 0.15) is 5.69 Å². The third-order valence-electron chi connectivity index (χ3n) is 2.73. The van der Waals surface area contributed by atoms with E-state index >= 15 is 0 Å². The number of aromatic hydroxyl groups is 1. The smallest absolute Gasteiger partial charge is 0.258 e. The fourth-order valence-electron chi connectivity index (χ4n) is 1.81. The van der Waals surface area contributed by atoms with Crippen molar-refractivity contribution in [2.45, 2.75) is 26.7 Å². The predicted octanol–water partition coefficient (Wildman–Crippen LogP) is 1.80. The van der Waals surface area contributed by atoms with Crippen LogP contribution in [0.4, 0.5) is 0 Å². The van der Waals surface area contributed by atoms with Gasteiger partial charge in [0, 0.05) is 6.20 Å². The standard InChI is InChI=1S/C13H15N3O2/c1-3-5-9-12(17)15-11(16-13(9)18)10-8(2)6-4-7-14-10/h4,6-7H,3,5H2,1-2H3,(H2,15,16,17,18). The molecule has 0 fully saturated rings. The number of aromatic amines is 1. The normalized spacial score (nSPS) is 10.6. The van der Waals surface area contributed by atoms with E-state index in [4.69, 9.17) is 0 Å². The molecule has 0 aliphatic rings. The van der Waals surface area contributed by atoms with Crippen molar-refractivity contribution >= 4 is 0 Å². The Balaban J connectivity index is 2.55. The Morgan fingerprint density at radius 2 is 2.22 bits per heavy atom. The van der Waals surface area contributed by atoms with Gasteiger partial charge in [0.05, 0.1) is 5.56 Å². The molecule has 2 N–H and O–H groups in total. The fourth-order valence-corrected chi connectivity index (χ4v) is 1.81. The molecule has 2 rings (SSSR count). The first kappa shape index (κ1) is 12.3. The third kappa shape index (κ3) is 2.25. The number of aromatic nitrogens is 3. The van der Waals surface area contributed by atoms with Gasteiger partial charge in [-0.1, -0.05) is 19.4 Å². The van der Waals surface area contributed by atoms with Gasteiger partial charge in [0.25, 0.3) is 5.56 Å². The highest BCUT2D eigenvalue weighted by atomic mass is 16.3. The van der Waals surface area contributed by atoms with Gasteiger partial charge in [-0.3, -0.25) is 9.78 Å². The van der Waals surface area contributed by atoms with Gasteiger partial charge in [-0.05, 0) is 25.0 Å². The maximum absolute atomic E-state index is 11.9. The lowest BCUT2D eigenvalue weighted by atomic mass is 10.1. The van der Waals surface area contributed by atoms with Crippen LogP contribution in [0.1, 0.15) is 24.5 Å². The molecule has 0 radical (unpaired) electrons. The number of nitrogens with zero attached hydrogens (tertiary/aromatic N) is 2. The molecule has 0 spiro atoms. The van der Waals surface area contributed by atoms with Crippen LogP contribution in [0.5, 0.6) is 5.88 Å². The van der Waals surface area contributed by atoms with Crippen LogP contribution >= 0.6 is 0 Å². The van der Waals surface area contributed by atoms with Gasteiger partial charge in [0.2, 0.25) is 5.88 Å². The molecule has 18 heavy (non-hydrogen) atoms. The van der Waals surface area contributed by atoms with Gasteiger partial charge >= 0.3 is 0 Å². The van der Waals surface area contributed by atoms with E-state index in [1.807, 2.05) is 26.0 Å². The van der Waals surface area contributed by atoms with Crippen molar-refractivity contribution < 1.29 is 5.11 Å². The predicted molar refractivity (Wildman–Crippen MR) is 68.5 cm³/mol. The molecule has 5 heteroatoms. The Bertz CT molecular complexity index is 620. The second-order valence-corrected chi connectivity index (χ2v) is 4.14. The Kier molecular flexibility index (Phi) is 3.41. The minimum atomic E-state index is -0.301.